The van der Waals surface area contributed by atoms with Crippen molar-refractivity contribution in [1.82, 2.24) is 5.32 Å². The molecule has 1 aromatic rings. The van der Waals surface area contributed by atoms with Crippen LogP contribution >= 0.6 is 0 Å². The van der Waals surface area contributed by atoms with Crippen LogP contribution in [0.3, 0.4) is 0 Å². The van der Waals surface area contributed by atoms with Crippen LogP contribution in [0.15, 0.2) is 30.3 Å². The maximum Gasteiger partial charge on any atom is 0.251 e. The summed E-state index contributed by atoms with van der Waals surface area (Å²) >= 11 is 0. The summed E-state index contributed by atoms with van der Waals surface area (Å²) in [6.45, 7) is 8.00. The van der Waals surface area contributed by atoms with E-state index < -0.39 is 0 Å². The lowest BCUT2D eigenvalue weighted by Crippen LogP contribution is -2.17. The minimum atomic E-state index is -0.0411. The first-order chi connectivity index (χ1) is 6.84. The largest absolute Gasteiger partial charge is 0.355 e. The number of carbonyl (C=O) groups is 1. The van der Waals surface area contributed by atoms with Crippen molar-refractivity contribution < 1.29 is 4.79 Å². The predicted octanol–water partition coefficient (Wildman–Crippen LogP) is 3.10. The van der Waals surface area contributed by atoms with Crippen LogP contribution in [-0.4, -0.2) is 13.0 Å². The number of nitrogens with one attached hydrogen (secondary N) is 1. The fraction of sp³-hybridized carbons (Fsp3) is 0.417. The first kappa shape index (κ1) is 15.2. The summed E-state index contributed by atoms with van der Waals surface area (Å²) < 4.78 is 0. The summed E-state index contributed by atoms with van der Waals surface area (Å²) in [4.78, 5) is 10.9. The van der Waals surface area contributed by atoms with E-state index in [0.29, 0.717) is 5.56 Å². The number of rotatable bonds is 1. The fourth-order valence-corrected chi connectivity index (χ4v) is 0.734. The molecule has 0 aliphatic carbocycles. The molecular weight excluding hydrogens is 174 g/mol. The molecule has 80 valence electrons. The van der Waals surface area contributed by atoms with Gasteiger partial charge in [-0.05, 0) is 12.1 Å². The first-order valence-electron chi connectivity index (χ1n) is 5.11. The van der Waals surface area contributed by atoms with Gasteiger partial charge in [0.25, 0.3) is 5.91 Å². The number of carbonyl (C=O) groups excluding carboxylic acids is 1. The van der Waals surface area contributed by atoms with Gasteiger partial charge in [0.05, 0.1) is 0 Å². The minimum Gasteiger partial charge on any atom is -0.355 e. The van der Waals surface area contributed by atoms with Gasteiger partial charge in [-0.1, -0.05) is 45.9 Å². The molecule has 2 nitrogen and oxygen atoms in total. The Hall–Kier alpha value is -1.31. The predicted molar refractivity (Wildman–Crippen MR) is 62.5 cm³/mol. The molecule has 0 unspecified atom stereocenters. The molecule has 0 saturated heterocycles. The molecule has 0 fully saturated rings. The van der Waals surface area contributed by atoms with Gasteiger partial charge < -0.3 is 5.32 Å². The van der Waals surface area contributed by atoms with Crippen molar-refractivity contribution >= 4 is 5.91 Å². The molecule has 0 atom stereocenters. The third kappa shape index (κ3) is 6.23. The highest BCUT2D eigenvalue weighted by Crippen LogP contribution is 1.96. The van der Waals surface area contributed by atoms with Crippen molar-refractivity contribution in [2.24, 2.45) is 0 Å². The summed E-state index contributed by atoms with van der Waals surface area (Å²) in [6, 6.07) is 9.11. The van der Waals surface area contributed by atoms with E-state index in [1.165, 1.54) is 0 Å². The van der Waals surface area contributed by atoms with Gasteiger partial charge in [-0.2, -0.15) is 0 Å². The Kier molecular flexibility index (Phi) is 12.7. The zero-order valence-electron chi connectivity index (χ0n) is 9.79. The second kappa shape index (κ2) is 11.7. The van der Waals surface area contributed by atoms with Crippen LogP contribution in [0.5, 0.6) is 0 Å². The molecule has 0 aromatic heterocycles. The second-order valence-corrected chi connectivity index (χ2v) is 1.95. The van der Waals surface area contributed by atoms with E-state index >= 15 is 0 Å². The van der Waals surface area contributed by atoms with Crippen LogP contribution in [0.1, 0.15) is 38.1 Å². The van der Waals surface area contributed by atoms with Gasteiger partial charge >= 0.3 is 0 Å². The maximum absolute atomic E-state index is 10.9. The molecule has 1 amide bonds. The van der Waals surface area contributed by atoms with Crippen LogP contribution in [-0.2, 0) is 0 Å². The number of amides is 1. The molecule has 0 radical (unpaired) electrons. The monoisotopic (exact) mass is 195 g/mol. The summed E-state index contributed by atoms with van der Waals surface area (Å²) in [6.07, 6.45) is 0. The SMILES string of the molecule is CC.CC.CNC(=O)c1ccccc1. The molecule has 1 rings (SSSR count). The average Bonchev–Trinajstić information content (AvgIpc) is 2.34. The summed E-state index contributed by atoms with van der Waals surface area (Å²) in [5.74, 6) is -0.0411. The van der Waals surface area contributed by atoms with Gasteiger partial charge in [0, 0.05) is 12.6 Å². The average molecular weight is 195 g/mol. The highest BCUT2D eigenvalue weighted by atomic mass is 16.1. The van der Waals surface area contributed by atoms with E-state index in [2.05, 4.69) is 5.32 Å². The Balaban J connectivity index is 0. The highest BCUT2D eigenvalue weighted by Gasteiger charge is 1.97. The molecular formula is C12H21NO. The van der Waals surface area contributed by atoms with Crippen LogP contribution in [0.2, 0.25) is 0 Å². The van der Waals surface area contributed by atoms with Crippen molar-refractivity contribution in [1.29, 1.82) is 0 Å². The molecule has 0 aliphatic rings. The molecule has 1 N–H and O–H groups in total. The van der Waals surface area contributed by atoms with E-state index in [4.69, 9.17) is 0 Å². The van der Waals surface area contributed by atoms with Crippen molar-refractivity contribution in [3.8, 4) is 0 Å². The van der Waals surface area contributed by atoms with Crippen LogP contribution in [0.4, 0.5) is 0 Å². The Morgan fingerprint density at radius 1 is 1.00 bits per heavy atom. The third-order valence-electron chi connectivity index (χ3n) is 1.26. The molecule has 0 saturated carbocycles. The van der Waals surface area contributed by atoms with Gasteiger partial charge in [0.2, 0.25) is 0 Å². The zero-order chi connectivity index (χ0) is 11.4. The maximum atomic E-state index is 10.9. The van der Waals surface area contributed by atoms with Gasteiger partial charge in [-0.15, -0.1) is 0 Å². The van der Waals surface area contributed by atoms with E-state index in [9.17, 15) is 4.79 Å². The highest BCUT2D eigenvalue weighted by molar-refractivity contribution is 5.93. The summed E-state index contributed by atoms with van der Waals surface area (Å²) in [5, 5.41) is 2.54. The van der Waals surface area contributed by atoms with Crippen molar-refractivity contribution in [2.45, 2.75) is 27.7 Å². The Morgan fingerprint density at radius 3 is 1.79 bits per heavy atom. The fourth-order valence-electron chi connectivity index (χ4n) is 0.734. The van der Waals surface area contributed by atoms with Crippen LogP contribution < -0.4 is 5.32 Å². The molecule has 0 bridgehead atoms. The van der Waals surface area contributed by atoms with Crippen LogP contribution in [0, 0.1) is 0 Å². The Morgan fingerprint density at radius 2 is 1.43 bits per heavy atom. The van der Waals surface area contributed by atoms with Gasteiger partial charge in [0.15, 0.2) is 0 Å². The topological polar surface area (TPSA) is 29.1 Å². The Bertz CT molecular complexity index is 219. The van der Waals surface area contributed by atoms with E-state index in [-0.39, 0.29) is 5.91 Å². The molecule has 0 heterocycles. The minimum absolute atomic E-state index is 0.0411. The van der Waals surface area contributed by atoms with Crippen LogP contribution in [0.25, 0.3) is 0 Å². The lowest BCUT2D eigenvalue weighted by atomic mass is 10.2. The van der Waals surface area contributed by atoms with Gasteiger partial charge in [-0.25, -0.2) is 0 Å². The molecule has 1 aromatic carbocycles. The first-order valence-corrected chi connectivity index (χ1v) is 5.11. The van der Waals surface area contributed by atoms with E-state index in [1.54, 1.807) is 19.2 Å². The van der Waals surface area contributed by atoms with E-state index in [0.717, 1.165) is 0 Å². The van der Waals surface area contributed by atoms with Gasteiger partial charge in [0.1, 0.15) is 0 Å². The molecule has 0 aliphatic heterocycles. The number of hydrogen-bond acceptors (Lipinski definition) is 1. The lowest BCUT2D eigenvalue weighted by molar-refractivity contribution is 0.0963. The molecule has 2 heteroatoms. The second-order valence-electron chi connectivity index (χ2n) is 1.95. The molecule has 14 heavy (non-hydrogen) atoms. The Labute approximate surface area is 87.3 Å². The van der Waals surface area contributed by atoms with Crippen molar-refractivity contribution in [3.05, 3.63) is 35.9 Å². The molecule has 0 spiro atoms. The van der Waals surface area contributed by atoms with E-state index in [1.807, 2.05) is 45.9 Å². The van der Waals surface area contributed by atoms with Crippen molar-refractivity contribution in [2.75, 3.05) is 7.05 Å². The van der Waals surface area contributed by atoms with Crippen molar-refractivity contribution in [3.63, 3.8) is 0 Å². The third-order valence-corrected chi connectivity index (χ3v) is 1.26. The van der Waals surface area contributed by atoms with Gasteiger partial charge in [-0.3, -0.25) is 4.79 Å². The zero-order valence-corrected chi connectivity index (χ0v) is 9.79. The standard InChI is InChI=1S/C8H9NO.2C2H6/c1-9-8(10)7-5-3-2-4-6-7;2*1-2/h2-6H,1H3,(H,9,10);2*1-2H3. The summed E-state index contributed by atoms with van der Waals surface area (Å²) in [7, 11) is 1.62. The number of hydrogen-bond donors (Lipinski definition) is 1. The summed E-state index contributed by atoms with van der Waals surface area (Å²) in [5.41, 5.74) is 0.699. The normalized spacial score (nSPS) is 7.21. The quantitative estimate of drug-likeness (QED) is 0.733. The number of benzene rings is 1. The smallest absolute Gasteiger partial charge is 0.251 e. The lowest BCUT2D eigenvalue weighted by Gasteiger charge is -1.96.